The van der Waals surface area contributed by atoms with E-state index in [-0.39, 0.29) is 5.54 Å². The summed E-state index contributed by atoms with van der Waals surface area (Å²) >= 11 is 6.87. The third-order valence-corrected chi connectivity index (χ3v) is 3.02. The van der Waals surface area contributed by atoms with Crippen LogP contribution < -0.4 is 10.1 Å². The van der Waals surface area contributed by atoms with Crippen molar-refractivity contribution in [1.82, 2.24) is 5.32 Å². The number of halogens is 2. The van der Waals surface area contributed by atoms with Crippen LogP contribution in [0.15, 0.2) is 27.1 Å². The van der Waals surface area contributed by atoms with E-state index >= 15 is 0 Å². The summed E-state index contributed by atoms with van der Waals surface area (Å²) in [5, 5.41) is 3.37. The molecule has 90 valence electrons. The maximum absolute atomic E-state index is 5.66. The molecule has 0 aliphatic carbocycles. The summed E-state index contributed by atoms with van der Waals surface area (Å²) in [7, 11) is 0. The van der Waals surface area contributed by atoms with Gasteiger partial charge in [0.15, 0.2) is 0 Å². The van der Waals surface area contributed by atoms with Crippen molar-refractivity contribution in [3.63, 3.8) is 0 Å². The van der Waals surface area contributed by atoms with Crippen molar-refractivity contribution < 1.29 is 4.74 Å². The zero-order valence-electron chi connectivity index (χ0n) is 9.81. The maximum atomic E-state index is 5.66. The Balaban J connectivity index is 2.38. The van der Waals surface area contributed by atoms with Crippen LogP contribution in [0.2, 0.25) is 0 Å². The Morgan fingerprint density at radius 2 is 1.94 bits per heavy atom. The van der Waals surface area contributed by atoms with Gasteiger partial charge < -0.3 is 10.1 Å². The molecule has 0 atom stereocenters. The highest BCUT2D eigenvalue weighted by molar-refractivity contribution is 9.11. The highest BCUT2D eigenvalue weighted by Crippen LogP contribution is 2.27. The predicted molar refractivity (Wildman–Crippen MR) is 75.1 cm³/mol. The van der Waals surface area contributed by atoms with Gasteiger partial charge in [-0.3, -0.25) is 0 Å². The zero-order valence-corrected chi connectivity index (χ0v) is 13.0. The molecule has 0 fully saturated rings. The van der Waals surface area contributed by atoms with E-state index in [0.29, 0.717) is 6.61 Å². The van der Waals surface area contributed by atoms with Gasteiger partial charge in [0.05, 0.1) is 4.47 Å². The highest BCUT2D eigenvalue weighted by atomic mass is 79.9. The molecule has 0 saturated carbocycles. The largest absolute Gasteiger partial charge is 0.491 e. The van der Waals surface area contributed by atoms with Crippen molar-refractivity contribution in [1.29, 1.82) is 0 Å². The number of rotatable bonds is 4. The number of nitrogens with one attached hydrogen (secondary N) is 1. The number of hydrogen-bond acceptors (Lipinski definition) is 2. The third-order valence-electron chi connectivity index (χ3n) is 1.91. The fourth-order valence-electron chi connectivity index (χ4n) is 1.18. The van der Waals surface area contributed by atoms with E-state index in [9.17, 15) is 0 Å². The Morgan fingerprint density at radius 1 is 1.25 bits per heavy atom. The van der Waals surface area contributed by atoms with Crippen molar-refractivity contribution in [2.45, 2.75) is 26.3 Å². The van der Waals surface area contributed by atoms with Crippen molar-refractivity contribution >= 4 is 31.9 Å². The molecule has 1 N–H and O–H groups in total. The second-order valence-corrected chi connectivity index (χ2v) is 6.37. The Kier molecular flexibility index (Phi) is 5.28. The van der Waals surface area contributed by atoms with E-state index in [1.165, 1.54) is 0 Å². The lowest BCUT2D eigenvalue weighted by molar-refractivity contribution is 0.289. The molecule has 0 amide bonds. The molecule has 0 unspecified atom stereocenters. The van der Waals surface area contributed by atoms with Gasteiger partial charge in [0.2, 0.25) is 0 Å². The molecule has 1 aromatic carbocycles. The molecule has 0 saturated heterocycles. The number of hydrogen-bond donors (Lipinski definition) is 1. The molecule has 0 aliphatic rings. The average Bonchev–Trinajstić information content (AvgIpc) is 2.13. The van der Waals surface area contributed by atoms with Crippen LogP contribution in [-0.2, 0) is 0 Å². The second-order valence-electron chi connectivity index (χ2n) is 4.60. The normalized spacial score (nSPS) is 11.6. The van der Waals surface area contributed by atoms with Gasteiger partial charge in [-0.15, -0.1) is 0 Å². The van der Waals surface area contributed by atoms with Crippen molar-refractivity contribution in [3.8, 4) is 5.75 Å². The SMILES string of the molecule is CC(C)(C)NCCOc1ccc(Br)cc1Br. The van der Waals surface area contributed by atoms with Gasteiger partial charge in [-0.1, -0.05) is 15.9 Å². The van der Waals surface area contributed by atoms with Gasteiger partial charge in [-0.05, 0) is 54.9 Å². The second kappa shape index (κ2) is 6.03. The monoisotopic (exact) mass is 349 g/mol. The van der Waals surface area contributed by atoms with Crippen molar-refractivity contribution in [2.75, 3.05) is 13.2 Å². The molecule has 1 rings (SSSR count). The van der Waals surface area contributed by atoms with E-state index in [1.54, 1.807) is 0 Å². The van der Waals surface area contributed by atoms with Crippen LogP contribution in [0.3, 0.4) is 0 Å². The van der Waals surface area contributed by atoms with Crippen molar-refractivity contribution in [2.24, 2.45) is 0 Å². The molecule has 1 aromatic rings. The standard InChI is InChI=1S/C12H17Br2NO/c1-12(2,3)15-6-7-16-11-5-4-9(13)8-10(11)14/h4-5,8,15H,6-7H2,1-3H3. The van der Waals surface area contributed by atoms with E-state index in [1.807, 2.05) is 18.2 Å². The quantitative estimate of drug-likeness (QED) is 0.829. The molecule has 0 heterocycles. The Hall–Kier alpha value is -0.0600. The molecule has 0 spiro atoms. The summed E-state index contributed by atoms with van der Waals surface area (Å²) in [6, 6.07) is 5.90. The summed E-state index contributed by atoms with van der Waals surface area (Å²) in [6.07, 6.45) is 0. The first kappa shape index (κ1) is 14.0. The van der Waals surface area contributed by atoms with Crippen LogP contribution in [0.1, 0.15) is 20.8 Å². The third kappa shape index (κ3) is 5.32. The van der Waals surface area contributed by atoms with Crippen molar-refractivity contribution in [3.05, 3.63) is 27.1 Å². The molecule has 0 bridgehead atoms. The van der Waals surface area contributed by atoms with Crippen LogP contribution in [-0.4, -0.2) is 18.7 Å². The van der Waals surface area contributed by atoms with Crippen LogP contribution >= 0.6 is 31.9 Å². The molecule has 0 aromatic heterocycles. The van der Waals surface area contributed by atoms with Gasteiger partial charge >= 0.3 is 0 Å². The van der Waals surface area contributed by atoms with Gasteiger partial charge in [-0.25, -0.2) is 0 Å². The number of benzene rings is 1. The summed E-state index contributed by atoms with van der Waals surface area (Å²) in [4.78, 5) is 0. The lowest BCUT2D eigenvalue weighted by atomic mass is 10.1. The fourth-order valence-corrected chi connectivity index (χ4v) is 2.34. The Morgan fingerprint density at radius 3 is 2.50 bits per heavy atom. The number of ether oxygens (including phenoxy) is 1. The lowest BCUT2D eigenvalue weighted by Crippen LogP contribution is -2.38. The zero-order chi connectivity index (χ0) is 12.2. The Bertz CT molecular complexity index is 347. The van der Waals surface area contributed by atoms with Gasteiger partial charge in [0, 0.05) is 16.6 Å². The minimum Gasteiger partial charge on any atom is -0.491 e. The molecule has 16 heavy (non-hydrogen) atoms. The summed E-state index contributed by atoms with van der Waals surface area (Å²) in [6.45, 7) is 7.93. The molecule has 0 aliphatic heterocycles. The molecule has 4 heteroatoms. The van der Waals surface area contributed by atoms with Gasteiger partial charge in [0.1, 0.15) is 12.4 Å². The van der Waals surface area contributed by atoms with Crippen LogP contribution in [0, 0.1) is 0 Å². The minimum atomic E-state index is 0.139. The lowest BCUT2D eigenvalue weighted by Gasteiger charge is -2.20. The van der Waals surface area contributed by atoms with E-state index < -0.39 is 0 Å². The fraction of sp³-hybridized carbons (Fsp3) is 0.500. The van der Waals surface area contributed by atoms with Crippen LogP contribution in [0.5, 0.6) is 5.75 Å². The Labute approximate surface area is 114 Å². The summed E-state index contributed by atoms with van der Waals surface area (Å²) in [5.74, 6) is 0.874. The van der Waals surface area contributed by atoms with E-state index in [2.05, 4.69) is 57.9 Å². The molecular formula is C12H17Br2NO. The minimum absolute atomic E-state index is 0.139. The highest BCUT2D eigenvalue weighted by Gasteiger charge is 2.08. The predicted octanol–water partition coefficient (Wildman–Crippen LogP) is 3.98. The van der Waals surface area contributed by atoms with Crippen LogP contribution in [0.4, 0.5) is 0 Å². The first-order valence-electron chi connectivity index (χ1n) is 5.21. The van der Waals surface area contributed by atoms with Gasteiger partial charge in [-0.2, -0.15) is 0 Å². The topological polar surface area (TPSA) is 21.3 Å². The van der Waals surface area contributed by atoms with E-state index in [0.717, 1.165) is 21.2 Å². The summed E-state index contributed by atoms with van der Waals surface area (Å²) < 4.78 is 7.67. The molecule has 0 radical (unpaired) electrons. The first-order valence-corrected chi connectivity index (χ1v) is 6.80. The molecule has 2 nitrogen and oxygen atoms in total. The summed E-state index contributed by atoms with van der Waals surface area (Å²) in [5.41, 5.74) is 0.139. The smallest absolute Gasteiger partial charge is 0.133 e. The van der Waals surface area contributed by atoms with Gasteiger partial charge in [0.25, 0.3) is 0 Å². The first-order chi connectivity index (χ1) is 7.38. The van der Waals surface area contributed by atoms with Crippen LogP contribution in [0.25, 0.3) is 0 Å². The average molecular weight is 351 g/mol. The maximum Gasteiger partial charge on any atom is 0.133 e. The van der Waals surface area contributed by atoms with E-state index in [4.69, 9.17) is 4.74 Å². The molecular weight excluding hydrogens is 334 g/mol.